The number of hydrogen-bond donors (Lipinski definition) is 1. The molecule has 0 bridgehead atoms. The van der Waals surface area contributed by atoms with Gasteiger partial charge < -0.3 is 13.6 Å². The molecule has 0 spiro atoms. The van der Waals surface area contributed by atoms with Gasteiger partial charge >= 0.3 is 17.9 Å². The van der Waals surface area contributed by atoms with E-state index in [-0.39, 0.29) is 19.8 Å². The molecule has 0 fully saturated rings. The zero-order chi connectivity index (χ0) is 11.9. The molecule has 0 aromatic heterocycles. The first-order chi connectivity index (χ1) is 6.89. The molecule has 92 valence electrons. The Hall–Kier alpha value is 0.0200. The molecular formula is C6H17N2O5PS. The molecule has 0 heterocycles. The minimum absolute atomic E-state index is 0.229. The highest BCUT2D eigenvalue weighted by atomic mass is 32.2. The van der Waals surface area contributed by atoms with Gasteiger partial charge in [-0.15, -0.1) is 0 Å². The van der Waals surface area contributed by atoms with Gasteiger partial charge in [0.25, 0.3) is 0 Å². The van der Waals surface area contributed by atoms with Gasteiger partial charge in [0.1, 0.15) is 0 Å². The SMILES string of the molecule is CCOP(=NS(N)(=O)=O)(OCC)OCC. The van der Waals surface area contributed by atoms with E-state index in [9.17, 15) is 8.42 Å². The maximum absolute atomic E-state index is 10.9. The molecule has 0 atom stereocenters. The van der Waals surface area contributed by atoms with Crippen LogP contribution in [0.3, 0.4) is 0 Å². The Morgan fingerprint density at radius 2 is 1.40 bits per heavy atom. The van der Waals surface area contributed by atoms with E-state index in [0.29, 0.717) is 0 Å². The Balaban J connectivity index is 5.19. The Labute approximate surface area is 90.4 Å². The van der Waals surface area contributed by atoms with E-state index in [2.05, 4.69) is 4.15 Å². The van der Waals surface area contributed by atoms with Gasteiger partial charge in [0.2, 0.25) is 0 Å². The fourth-order valence-corrected chi connectivity index (χ4v) is 3.69. The second-order valence-corrected chi connectivity index (χ2v) is 5.71. The Morgan fingerprint density at radius 3 is 1.60 bits per heavy atom. The second-order valence-electron chi connectivity index (χ2n) is 2.32. The van der Waals surface area contributed by atoms with Crippen molar-refractivity contribution < 1.29 is 22.0 Å². The summed E-state index contributed by atoms with van der Waals surface area (Å²) in [5.74, 6) is 0. The van der Waals surface area contributed by atoms with Crippen molar-refractivity contribution in [2.75, 3.05) is 19.8 Å². The predicted molar refractivity (Wildman–Crippen MR) is 57.3 cm³/mol. The minimum Gasteiger partial charge on any atom is -0.302 e. The number of nitrogens with two attached hydrogens (primary N) is 1. The molecule has 0 aliphatic rings. The standard InChI is InChI=1S/C6H17N2O5PS/c1-4-11-14(12-5-2,13-6-3)8-15(7,9)10/h4-6H2,1-3H3,(H2,7,9,10). The van der Waals surface area contributed by atoms with Crippen LogP contribution < -0.4 is 5.14 Å². The molecule has 0 aliphatic carbocycles. The maximum Gasteiger partial charge on any atom is 0.372 e. The molecule has 0 aliphatic heterocycles. The minimum atomic E-state index is -4.05. The monoisotopic (exact) mass is 260 g/mol. The highest BCUT2D eigenvalue weighted by molar-refractivity contribution is 7.90. The molecule has 0 rings (SSSR count). The molecule has 7 nitrogen and oxygen atoms in total. The van der Waals surface area contributed by atoms with Gasteiger partial charge in [-0.3, -0.25) is 0 Å². The Morgan fingerprint density at radius 1 is 1.07 bits per heavy atom. The summed E-state index contributed by atoms with van der Waals surface area (Å²) in [6.45, 7) is 5.74. The van der Waals surface area contributed by atoms with Crippen LogP contribution in [0.1, 0.15) is 20.8 Å². The van der Waals surface area contributed by atoms with Crippen molar-refractivity contribution in [1.29, 1.82) is 0 Å². The molecule has 0 amide bonds. The molecular weight excluding hydrogens is 243 g/mol. The van der Waals surface area contributed by atoms with Gasteiger partial charge in [-0.2, -0.15) is 8.42 Å². The van der Waals surface area contributed by atoms with Crippen molar-refractivity contribution in [3.63, 3.8) is 0 Å². The van der Waals surface area contributed by atoms with Crippen LogP contribution in [0.2, 0.25) is 0 Å². The molecule has 0 saturated carbocycles. The lowest BCUT2D eigenvalue weighted by atomic mass is 10.9. The second kappa shape index (κ2) is 6.57. The van der Waals surface area contributed by atoms with Gasteiger partial charge in [0.15, 0.2) is 0 Å². The quantitative estimate of drug-likeness (QED) is 0.694. The first-order valence-electron chi connectivity index (χ1n) is 4.49. The van der Waals surface area contributed by atoms with Crippen molar-refractivity contribution >= 4 is 17.9 Å². The highest BCUT2D eigenvalue weighted by Gasteiger charge is 2.25. The van der Waals surface area contributed by atoms with Crippen molar-refractivity contribution in [3.05, 3.63) is 0 Å². The average molecular weight is 260 g/mol. The molecule has 15 heavy (non-hydrogen) atoms. The zero-order valence-electron chi connectivity index (χ0n) is 9.04. The molecule has 0 aromatic carbocycles. The third-order valence-electron chi connectivity index (χ3n) is 1.09. The van der Waals surface area contributed by atoms with E-state index in [0.717, 1.165) is 0 Å². The molecule has 9 heteroatoms. The lowest BCUT2D eigenvalue weighted by molar-refractivity contribution is 0.164. The van der Waals surface area contributed by atoms with E-state index >= 15 is 0 Å². The molecule has 0 aromatic rings. The van der Waals surface area contributed by atoms with E-state index in [1.165, 1.54) is 0 Å². The van der Waals surface area contributed by atoms with Crippen LogP contribution >= 0.6 is 7.74 Å². The van der Waals surface area contributed by atoms with E-state index in [1.807, 2.05) is 0 Å². The van der Waals surface area contributed by atoms with Crippen LogP contribution in [0.25, 0.3) is 0 Å². The predicted octanol–water partition coefficient (Wildman–Crippen LogP) is 1.25. The van der Waals surface area contributed by atoms with Crippen molar-refractivity contribution in [2.24, 2.45) is 9.29 Å². The lowest BCUT2D eigenvalue weighted by Gasteiger charge is -2.20. The normalized spacial score (nSPS) is 12.8. The van der Waals surface area contributed by atoms with E-state index in [1.54, 1.807) is 20.8 Å². The first kappa shape index (κ1) is 15.0. The van der Waals surface area contributed by atoms with Crippen LogP contribution in [0.15, 0.2) is 4.15 Å². The van der Waals surface area contributed by atoms with Gasteiger partial charge in [0, 0.05) is 0 Å². The van der Waals surface area contributed by atoms with Gasteiger partial charge in [-0.05, 0) is 20.8 Å². The third kappa shape index (κ3) is 6.24. The van der Waals surface area contributed by atoms with Crippen LogP contribution in [0, 0.1) is 0 Å². The van der Waals surface area contributed by atoms with Gasteiger partial charge in [0.05, 0.1) is 19.8 Å². The van der Waals surface area contributed by atoms with Crippen molar-refractivity contribution in [1.82, 2.24) is 0 Å². The van der Waals surface area contributed by atoms with Crippen molar-refractivity contribution in [3.8, 4) is 0 Å². The van der Waals surface area contributed by atoms with E-state index in [4.69, 9.17) is 18.7 Å². The summed E-state index contributed by atoms with van der Waals surface area (Å²) in [6.07, 6.45) is 0. The molecule has 2 N–H and O–H groups in total. The summed E-state index contributed by atoms with van der Waals surface area (Å²) >= 11 is 0. The summed E-state index contributed by atoms with van der Waals surface area (Å²) in [5, 5.41) is 4.81. The summed E-state index contributed by atoms with van der Waals surface area (Å²) in [4.78, 5) is 0. The average Bonchev–Trinajstić information content (AvgIpc) is 2.01. The summed E-state index contributed by atoms with van der Waals surface area (Å²) in [5.41, 5.74) is 0. The largest absolute Gasteiger partial charge is 0.372 e. The molecule has 0 saturated heterocycles. The van der Waals surface area contributed by atoms with Crippen LogP contribution in [0.4, 0.5) is 0 Å². The maximum atomic E-state index is 10.9. The smallest absolute Gasteiger partial charge is 0.302 e. The first-order valence-corrected chi connectivity index (χ1v) is 7.49. The number of hydrogen-bond acceptors (Lipinski definition) is 5. The highest BCUT2D eigenvalue weighted by Crippen LogP contribution is 2.53. The van der Waals surface area contributed by atoms with Crippen LogP contribution in [-0.2, 0) is 23.8 Å². The van der Waals surface area contributed by atoms with E-state index < -0.39 is 17.9 Å². The third-order valence-corrected chi connectivity index (χ3v) is 4.55. The lowest BCUT2D eigenvalue weighted by Crippen LogP contribution is -2.10. The van der Waals surface area contributed by atoms with Crippen LogP contribution in [0.5, 0.6) is 0 Å². The van der Waals surface area contributed by atoms with Crippen LogP contribution in [-0.4, -0.2) is 28.2 Å². The molecule has 0 radical (unpaired) electrons. The Bertz CT molecular complexity index is 305. The fourth-order valence-electron chi connectivity index (χ4n) is 0.811. The topological polar surface area (TPSA) is 100 Å². The zero-order valence-corrected chi connectivity index (χ0v) is 10.8. The summed E-state index contributed by atoms with van der Waals surface area (Å²) in [6, 6.07) is 0. The number of nitrogens with zero attached hydrogens (tertiary/aromatic N) is 1. The number of rotatable bonds is 7. The fraction of sp³-hybridized carbons (Fsp3) is 1.00. The Kier molecular flexibility index (Phi) is 6.58. The van der Waals surface area contributed by atoms with Gasteiger partial charge in [-0.25, -0.2) is 5.14 Å². The summed E-state index contributed by atoms with van der Waals surface area (Å²) < 4.78 is 40.4. The van der Waals surface area contributed by atoms with Gasteiger partial charge in [-0.1, -0.05) is 4.15 Å². The summed E-state index contributed by atoms with van der Waals surface area (Å²) in [7, 11) is -7.25. The molecule has 0 unspecified atom stereocenters. The van der Waals surface area contributed by atoms with Crippen molar-refractivity contribution in [2.45, 2.75) is 20.8 Å².